The number of carbonyl (C=O) groups is 2. The molecule has 1 aliphatic heterocycles. The lowest BCUT2D eigenvalue weighted by Gasteiger charge is -2.19. The fraction of sp³-hybridized carbons (Fsp3) is 0.316. The first kappa shape index (κ1) is 14.0. The number of carbonyl (C=O) groups excluding carboxylic acids is 2. The van der Waals surface area contributed by atoms with Crippen LogP contribution in [0.4, 0.5) is 5.69 Å². The van der Waals surface area contributed by atoms with Crippen LogP contribution in [0.2, 0.25) is 0 Å². The van der Waals surface area contributed by atoms with Crippen molar-refractivity contribution < 1.29 is 9.59 Å². The fourth-order valence-corrected chi connectivity index (χ4v) is 4.37. The van der Waals surface area contributed by atoms with Crippen LogP contribution in [-0.4, -0.2) is 11.8 Å². The van der Waals surface area contributed by atoms with Gasteiger partial charge in [0.15, 0.2) is 0 Å². The molecule has 2 amide bonds. The second-order valence-corrected chi connectivity index (χ2v) is 6.61. The van der Waals surface area contributed by atoms with Crippen molar-refractivity contribution in [3.63, 3.8) is 0 Å². The molecule has 2 fully saturated rings. The van der Waals surface area contributed by atoms with Gasteiger partial charge in [-0.3, -0.25) is 9.59 Å². The molecule has 0 unspecified atom stereocenters. The third-order valence-corrected chi connectivity index (χ3v) is 5.25. The molecule has 1 aromatic carbocycles. The van der Waals surface area contributed by atoms with Gasteiger partial charge in [0, 0.05) is 11.8 Å². The van der Waals surface area contributed by atoms with Crippen molar-refractivity contribution in [2.24, 2.45) is 23.7 Å². The number of amides is 2. The van der Waals surface area contributed by atoms with Crippen LogP contribution in [0.25, 0.3) is 0 Å². The molecule has 0 N–H and O–H groups in total. The van der Waals surface area contributed by atoms with Crippen LogP contribution in [0.1, 0.15) is 19.4 Å². The van der Waals surface area contributed by atoms with E-state index in [1.165, 1.54) is 16.0 Å². The molecular weight excluding hydrogens is 288 g/mol. The number of hydrogen-bond acceptors (Lipinski definition) is 3. The lowest BCUT2D eigenvalue weighted by Crippen LogP contribution is -2.33. The molecule has 1 aromatic rings. The number of nitriles is 1. The van der Waals surface area contributed by atoms with Gasteiger partial charge in [-0.2, -0.15) is 5.26 Å². The highest BCUT2D eigenvalue weighted by Gasteiger charge is 2.61. The molecule has 4 heteroatoms. The lowest BCUT2D eigenvalue weighted by molar-refractivity contribution is -0.122. The number of rotatable bonds is 1. The van der Waals surface area contributed by atoms with Crippen molar-refractivity contribution >= 4 is 17.5 Å². The van der Waals surface area contributed by atoms with E-state index in [-0.39, 0.29) is 35.5 Å². The smallest absolute Gasteiger partial charge is 0.238 e. The molecule has 4 atom stereocenters. The highest BCUT2D eigenvalue weighted by atomic mass is 16.2. The number of allylic oxidation sites excluding steroid dienone is 4. The van der Waals surface area contributed by atoms with E-state index in [9.17, 15) is 9.59 Å². The summed E-state index contributed by atoms with van der Waals surface area (Å²) < 4.78 is 0. The number of imide groups is 1. The first-order valence-electron chi connectivity index (χ1n) is 7.78. The lowest BCUT2D eigenvalue weighted by atomic mass is 9.85. The van der Waals surface area contributed by atoms with E-state index < -0.39 is 0 Å². The number of hydrogen-bond donors (Lipinski definition) is 0. The Morgan fingerprint density at radius 2 is 1.52 bits per heavy atom. The molecule has 4 rings (SSSR count). The van der Waals surface area contributed by atoms with Crippen molar-refractivity contribution in [2.45, 2.75) is 13.8 Å². The number of benzene rings is 1. The Morgan fingerprint density at radius 3 is 1.96 bits per heavy atom. The fourth-order valence-electron chi connectivity index (χ4n) is 4.37. The van der Waals surface area contributed by atoms with Gasteiger partial charge in [-0.25, -0.2) is 4.90 Å². The summed E-state index contributed by atoms with van der Waals surface area (Å²) in [4.78, 5) is 27.1. The minimum atomic E-state index is -0.266. The van der Waals surface area contributed by atoms with Gasteiger partial charge in [0.25, 0.3) is 0 Å². The van der Waals surface area contributed by atoms with Crippen molar-refractivity contribution in [3.8, 4) is 6.07 Å². The molecule has 1 saturated carbocycles. The van der Waals surface area contributed by atoms with Gasteiger partial charge in [0.2, 0.25) is 11.8 Å². The number of anilines is 1. The van der Waals surface area contributed by atoms with Gasteiger partial charge >= 0.3 is 0 Å². The zero-order valence-electron chi connectivity index (χ0n) is 13.0. The van der Waals surface area contributed by atoms with E-state index in [1.807, 2.05) is 6.07 Å². The molecule has 3 aliphatic rings. The summed E-state index contributed by atoms with van der Waals surface area (Å²) in [5.41, 5.74) is 3.54. The topological polar surface area (TPSA) is 61.2 Å². The first-order chi connectivity index (χ1) is 11.0. The minimum absolute atomic E-state index is 0.0647. The summed E-state index contributed by atoms with van der Waals surface area (Å²) in [5, 5.41) is 8.88. The third kappa shape index (κ3) is 1.71. The molecular formula is C19H16N2O2. The quantitative estimate of drug-likeness (QED) is 0.592. The average Bonchev–Trinajstić information content (AvgIpc) is 3.18. The Labute approximate surface area is 134 Å². The van der Waals surface area contributed by atoms with E-state index >= 15 is 0 Å². The molecule has 0 aromatic heterocycles. The maximum absolute atomic E-state index is 12.9. The molecule has 114 valence electrons. The molecule has 1 saturated heterocycles. The normalized spacial score (nSPS) is 30.8. The zero-order chi connectivity index (χ0) is 16.3. The summed E-state index contributed by atoms with van der Waals surface area (Å²) in [7, 11) is 0. The van der Waals surface area contributed by atoms with E-state index in [2.05, 4.69) is 26.0 Å². The molecule has 0 radical (unpaired) electrons. The third-order valence-electron chi connectivity index (χ3n) is 5.25. The average molecular weight is 304 g/mol. The summed E-state index contributed by atoms with van der Waals surface area (Å²) >= 11 is 0. The molecule has 2 aliphatic carbocycles. The monoisotopic (exact) mass is 304 g/mol. The summed E-state index contributed by atoms with van der Waals surface area (Å²) in [5.74, 6) is -0.624. The Bertz CT molecular complexity index is 788. The number of nitrogens with zero attached hydrogens (tertiary/aromatic N) is 2. The maximum atomic E-state index is 12.9. The van der Waals surface area contributed by atoms with Crippen LogP contribution in [-0.2, 0) is 9.59 Å². The molecule has 4 nitrogen and oxygen atoms in total. The standard InChI is InChI=1S/C19H16N2O2/c1-10(2)15-13-7-8-14(15)17-16(13)18(22)21(19(17)23)12-5-3-11(9-20)4-6-12/h3-8,13-14,16-17H,1-2H3/t13-,14+,16-,17-/m1/s1. The zero-order valence-corrected chi connectivity index (χ0v) is 13.0. The van der Waals surface area contributed by atoms with E-state index in [1.54, 1.807) is 24.3 Å². The summed E-state index contributed by atoms with van der Waals surface area (Å²) in [6.45, 7) is 4.10. The van der Waals surface area contributed by atoms with Crippen LogP contribution in [0.15, 0.2) is 47.6 Å². The van der Waals surface area contributed by atoms with Gasteiger partial charge in [-0.1, -0.05) is 23.3 Å². The first-order valence-corrected chi connectivity index (χ1v) is 7.78. The highest BCUT2D eigenvalue weighted by molar-refractivity contribution is 6.23. The van der Waals surface area contributed by atoms with Crippen LogP contribution in [0.5, 0.6) is 0 Å². The van der Waals surface area contributed by atoms with Gasteiger partial charge < -0.3 is 0 Å². The van der Waals surface area contributed by atoms with E-state index in [0.29, 0.717) is 11.3 Å². The van der Waals surface area contributed by atoms with E-state index in [4.69, 9.17) is 5.26 Å². The summed E-state index contributed by atoms with van der Waals surface area (Å²) in [6, 6.07) is 8.67. The second kappa shape index (κ2) is 4.66. The molecule has 0 spiro atoms. The highest BCUT2D eigenvalue weighted by Crippen LogP contribution is 2.57. The van der Waals surface area contributed by atoms with Crippen molar-refractivity contribution in [3.05, 3.63) is 53.1 Å². The van der Waals surface area contributed by atoms with Gasteiger partial charge in [-0.05, 0) is 38.1 Å². The SMILES string of the molecule is CC(C)=C1[C@H]2C=C[C@@H]1[C@H]1C(=O)N(c3ccc(C#N)cc3)C(=O)[C@@H]12. The number of fused-ring (bicyclic) bond motifs is 5. The Hall–Kier alpha value is -2.67. The van der Waals surface area contributed by atoms with Crippen LogP contribution < -0.4 is 4.90 Å². The van der Waals surface area contributed by atoms with Crippen molar-refractivity contribution in [2.75, 3.05) is 4.90 Å². The van der Waals surface area contributed by atoms with Crippen LogP contribution in [0, 0.1) is 35.0 Å². The molecule has 1 heterocycles. The minimum Gasteiger partial charge on any atom is -0.274 e. The maximum Gasteiger partial charge on any atom is 0.238 e. The van der Waals surface area contributed by atoms with Crippen LogP contribution >= 0.6 is 0 Å². The van der Waals surface area contributed by atoms with Crippen LogP contribution in [0.3, 0.4) is 0 Å². The Balaban J connectivity index is 1.74. The van der Waals surface area contributed by atoms with E-state index in [0.717, 1.165) is 0 Å². The second-order valence-electron chi connectivity index (χ2n) is 6.61. The van der Waals surface area contributed by atoms with Gasteiger partial charge in [0.05, 0.1) is 29.2 Å². The van der Waals surface area contributed by atoms with Crippen molar-refractivity contribution in [1.29, 1.82) is 5.26 Å². The predicted octanol–water partition coefficient (Wildman–Crippen LogP) is 2.82. The van der Waals surface area contributed by atoms with Gasteiger partial charge in [-0.15, -0.1) is 0 Å². The summed E-state index contributed by atoms with van der Waals surface area (Å²) in [6.07, 6.45) is 4.17. The van der Waals surface area contributed by atoms with Gasteiger partial charge in [0.1, 0.15) is 0 Å². The molecule has 2 bridgehead atoms. The predicted molar refractivity (Wildman–Crippen MR) is 85.1 cm³/mol. The Morgan fingerprint density at radius 1 is 1.00 bits per heavy atom. The van der Waals surface area contributed by atoms with Crippen molar-refractivity contribution in [1.82, 2.24) is 0 Å². The largest absolute Gasteiger partial charge is 0.274 e. The molecule has 23 heavy (non-hydrogen) atoms. The Kier molecular flexibility index (Phi) is 2.83.